The second-order valence-corrected chi connectivity index (χ2v) is 7.94. The first kappa shape index (κ1) is 21.6. The number of carbonyl (C=O) groups excluding carboxylic acids is 2. The number of benzene rings is 2. The highest BCUT2D eigenvalue weighted by molar-refractivity contribution is 9.10. The summed E-state index contributed by atoms with van der Waals surface area (Å²) in [6, 6.07) is 12.0. The van der Waals surface area contributed by atoms with Gasteiger partial charge < -0.3 is 14.4 Å². The van der Waals surface area contributed by atoms with Crippen molar-refractivity contribution in [3.05, 3.63) is 63.1 Å². The third-order valence-corrected chi connectivity index (χ3v) is 5.92. The van der Waals surface area contributed by atoms with Gasteiger partial charge in [0.2, 0.25) is 0 Å². The van der Waals surface area contributed by atoms with Gasteiger partial charge in [-0.1, -0.05) is 23.7 Å². The SMILES string of the molecule is COC(=O)C(c1ccc(Cl)cc1)N1CCN(C(=O)c2cc(OC)ccc2Br)CC1. The first-order chi connectivity index (χ1) is 13.9. The van der Waals surface area contributed by atoms with Crippen LogP contribution < -0.4 is 4.74 Å². The zero-order valence-electron chi connectivity index (χ0n) is 16.2. The largest absolute Gasteiger partial charge is 0.497 e. The van der Waals surface area contributed by atoms with E-state index in [2.05, 4.69) is 15.9 Å². The van der Waals surface area contributed by atoms with Crippen LogP contribution in [0.15, 0.2) is 46.9 Å². The molecule has 154 valence electrons. The van der Waals surface area contributed by atoms with Crippen molar-refractivity contribution in [1.82, 2.24) is 9.80 Å². The maximum absolute atomic E-state index is 13.0. The molecule has 0 saturated carbocycles. The zero-order valence-corrected chi connectivity index (χ0v) is 18.6. The molecule has 0 aliphatic carbocycles. The van der Waals surface area contributed by atoms with Crippen molar-refractivity contribution in [3.8, 4) is 5.75 Å². The average molecular weight is 482 g/mol. The molecule has 0 spiro atoms. The summed E-state index contributed by atoms with van der Waals surface area (Å²) in [7, 11) is 2.95. The lowest BCUT2D eigenvalue weighted by atomic mass is 10.0. The molecule has 6 nitrogen and oxygen atoms in total. The Morgan fingerprint density at radius 2 is 1.69 bits per heavy atom. The van der Waals surface area contributed by atoms with E-state index < -0.39 is 6.04 Å². The van der Waals surface area contributed by atoms with Crippen LogP contribution in [-0.2, 0) is 9.53 Å². The fraction of sp³-hybridized carbons (Fsp3) is 0.333. The summed E-state index contributed by atoms with van der Waals surface area (Å²) in [6.07, 6.45) is 0. The van der Waals surface area contributed by atoms with Gasteiger partial charge in [0.1, 0.15) is 11.8 Å². The number of methoxy groups -OCH3 is 2. The first-order valence-corrected chi connectivity index (χ1v) is 10.3. The Hall–Kier alpha value is -2.09. The normalized spacial score (nSPS) is 15.7. The Morgan fingerprint density at radius 3 is 2.28 bits per heavy atom. The third-order valence-electron chi connectivity index (χ3n) is 4.98. The van der Waals surface area contributed by atoms with Crippen LogP contribution in [0.1, 0.15) is 22.0 Å². The molecular formula is C21H22BrClN2O4. The highest BCUT2D eigenvalue weighted by Gasteiger charge is 2.33. The first-order valence-electron chi connectivity index (χ1n) is 9.14. The summed E-state index contributed by atoms with van der Waals surface area (Å²) >= 11 is 9.42. The molecule has 1 aliphatic rings. The van der Waals surface area contributed by atoms with E-state index in [4.69, 9.17) is 21.1 Å². The number of hydrogen-bond donors (Lipinski definition) is 0. The molecule has 0 radical (unpaired) electrons. The lowest BCUT2D eigenvalue weighted by molar-refractivity contribution is -0.148. The maximum Gasteiger partial charge on any atom is 0.327 e. The van der Waals surface area contributed by atoms with Crippen molar-refractivity contribution in [1.29, 1.82) is 0 Å². The number of rotatable bonds is 5. The van der Waals surface area contributed by atoms with E-state index in [0.717, 1.165) is 10.0 Å². The van der Waals surface area contributed by atoms with Gasteiger partial charge in [-0.05, 0) is 51.8 Å². The summed E-state index contributed by atoms with van der Waals surface area (Å²) in [5.41, 5.74) is 1.37. The van der Waals surface area contributed by atoms with Gasteiger partial charge in [-0.15, -0.1) is 0 Å². The predicted molar refractivity (Wildman–Crippen MR) is 114 cm³/mol. The van der Waals surface area contributed by atoms with Crippen molar-refractivity contribution in [3.63, 3.8) is 0 Å². The molecule has 1 atom stereocenters. The highest BCUT2D eigenvalue weighted by Crippen LogP contribution is 2.27. The van der Waals surface area contributed by atoms with Crippen LogP contribution in [0.25, 0.3) is 0 Å². The Labute approximate surface area is 183 Å². The van der Waals surface area contributed by atoms with Crippen molar-refractivity contribution in [2.45, 2.75) is 6.04 Å². The zero-order chi connectivity index (χ0) is 21.0. The second-order valence-electron chi connectivity index (χ2n) is 6.65. The molecule has 1 amide bonds. The number of amides is 1. The predicted octanol–water partition coefficient (Wildman–Crippen LogP) is 3.78. The van der Waals surface area contributed by atoms with E-state index in [1.807, 2.05) is 17.0 Å². The van der Waals surface area contributed by atoms with Crippen LogP contribution in [0.3, 0.4) is 0 Å². The minimum atomic E-state index is -0.530. The number of hydrogen-bond acceptors (Lipinski definition) is 5. The van der Waals surface area contributed by atoms with E-state index in [-0.39, 0.29) is 11.9 Å². The Balaban J connectivity index is 1.73. The van der Waals surface area contributed by atoms with Crippen LogP contribution in [0.4, 0.5) is 0 Å². The van der Waals surface area contributed by atoms with Gasteiger partial charge >= 0.3 is 5.97 Å². The molecule has 1 unspecified atom stereocenters. The minimum Gasteiger partial charge on any atom is -0.497 e. The van der Waals surface area contributed by atoms with Crippen molar-refractivity contribution in [2.75, 3.05) is 40.4 Å². The topological polar surface area (TPSA) is 59.1 Å². The summed E-state index contributed by atoms with van der Waals surface area (Å²) in [6.45, 7) is 2.11. The smallest absolute Gasteiger partial charge is 0.327 e. The van der Waals surface area contributed by atoms with Crippen LogP contribution in [0, 0.1) is 0 Å². The molecule has 1 aliphatic heterocycles. The number of nitrogens with zero attached hydrogens (tertiary/aromatic N) is 2. The van der Waals surface area contributed by atoms with Crippen molar-refractivity contribution < 1.29 is 19.1 Å². The Kier molecular flexibility index (Phi) is 7.16. The van der Waals surface area contributed by atoms with Gasteiger partial charge in [-0.3, -0.25) is 9.69 Å². The van der Waals surface area contributed by atoms with Crippen LogP contribution in [0.2, 0.25) is 5.02 Å². The van der Waals surface area contributed by atoms with E-state index >= 15 is 0 Å². The lowest BCUT2D eigenvalue weighted by Gasteiger charge is -2.38. The van der Waals surface area contributed by atoms with Gasteiger partial charge in [0.05, 0.1) is 19.8 Å². The third kappa shape index (κ3) is 4.91. The quantitative estimate of drug-likeness (QED) is 0.608. The minimum absolute atomic E-state index is 0.0727. The molecule has 29 heavy (non-hydrogen) atoms. The number of piperazine rings is 1. The van der Waals surface area contributed by atoms with Crippen LogP contribution in [-0.4, -0.2) is 62.1 Å². The van der Waals surface area contributed by atoms with Gasteiger partial charge in [-0.2, -0.15) is 0 Å². The molecule has 1 heterocycles. The van der Waals surface area contributed by atoms with Crippen LogP contribution >= 0.6 is 27.5 Å². The van der Waals surface area contributed by atoms with E-state index in [0.29, 0.717) is 42.5 Å². The monoisotopic (exact) mass is 480 g/mol. The molecular weight excluding hydrogens is 460 g/mol. The molecule has 8 heteroatoms. The molecule has 1 saturated heterocycles. The summed E-state index contributed by atoms with van der Waals surface area (Å²) < 4.78 is 11.0. The summed E-state index contributed by atoms with van der Waals surface area (Å²) in [5.74, 6) is 0.225. The molecule has 3 rings (SSSR count). The van der Waals surface area contributed by atoms with Gasteiger partial charge in [0.15, 0.2) is 0 Å². The van der Waals surface area contributed by atoms with Gasteiger partial charge in [0, 0.05) is 35.7 Å². The highest BCUT2D eigenvalue weighted by atomic mass is 79.9. The molecule has 2 aromatic rings. The van der Waals surface area contributed by atoms with E-state index in [1.165, 1.54) is 7.11 Å². The molecule has 0 aromatic heterocycles. The summed E-state index contributed by atoms with van der Waals surface area (Å²) in [4.78, 5) is 29.2. The molecule has 1 fully saturated rings. The fourth-order valence-electron chi connectivity index (χ4n) is 3.40. The lowest BCUT2D eigenvalue weighted by Crippen LogP contribution is -2.51. The molecule has 2 aromatic carbocycles. The molecule has 0 N–H and O–H groups in total. The standard InChI is InChI=1S/C21H22BrClN2O4/c1-28-16-7-8-18(22)17(13-16)20(26)25-11-9-24(10-12-25)19(21(27)29-2)14-3-5-15(23)6-4-14/h3-8,13,19H,9-12H2,1-2H3. The second kappa shape index (κ2) is 9.61. The van der Waals surface area contributed by atoms with Gasteiger partial charge in [0.25, 0.3) is 5.91 Å². The number of ether oxygens (including phenoxy) is 2. The van der Waals surface area contributed by atoms with Crippen molar-refractivity contribution in [2.24, 2.45) is 0 Å². The number of halogens is 2. The Bertz CT molecular complexity index is 883. The van der Waals surface area contributed by atoms with E-state index in [1.54, 1.807) is 42.3 Å². The van der Waals surface area contributed by atoms with Gasteiger partial charge in [-0.25, -0.2) is 4.79 Å². The number of carbonyl (C=O) groups is 2. The Morgan fingerprint density at radius 1 is 1.03 bits per heavy atom. The number of esters is 1. The van der Waals surface area contributed by atoms with Crippen LogP contribution in [0.5, 0.6) is 5.75 Å². The molecule has 0 bridgehead atoms. The fourth-order valence-corrected chi connectivity index (χ4v) is 3.94. The maximum atomic E-state index is 13.0. The average Bonchev–Trinajstić information content (AvgIpc) is 2.75. The van der Waals surface area contributed by atoms with Crippen molar-refractivity contribution >= 4 is 39.4 Å². The van der Waals surface area contributed by atoms with E-state index in [9.17, 15) is 9.59 Å². The summed E-state index contributed by atoms with van der Waals surface area (Å²) in [5, 5.41) is 0.608.